The highest BCUT2D eigenvalue weighted by molar-refractivity contribution is 9.11. The van der Waals surface area contributed by atoms with Crippen molar-refractivity contribution in [1.29, 1.82) is 0 Å². The molecule has 0 bridgehead atoms. The first-order valence-electron chi connectivity index (χ1n) is 6.54. The third-order valence-corrected chi connectivity index (χ3v) is 4.50. The highest BCUT2D eigenvalue weighted by Crippen LogP contribution is 2.23. The van der Waals surface area contributed by atoms with Crippen LogP contribution in [0.15, 0.2) is 27.1 Å². The van der Waals surface area contributed by atoms with Gasteiger partial charge < -0.3 is 14.5 Å². The van der Waals surface area contributed by atoms with Gasteiger partial charge in [-0.25, -0.2) is 0 Å². The van der Waals surface area contributed by atoms with Crippen LogP contribution < -0.4 is 0 Å². The van der Waals surface area contributed by atoms with Crippen LogP contribution in [-0.4, -0.2) is 61.5 Å². The molecule has 5 nitrogen and oxygen atoms in total. The molecule has 0 aliphatic carbocycles. The summed E-state index contributed by atoms with van der Waals surface area (Å²) in [5, 5.41) is 0. The van der Waals surface area contributed by atoms with Crippen molar-refractivity contribution in [2.75, 3.05) is 39.9 Å². The van der Waals surface area contributed by atoms with E-state index in [1.165, 1.54) is 7.11 Å². The number of hydrogen-bond acceptors (Lipinski definition) is 3. The lowest BCUT2D eigenvalue weighted by molar-refractivity contribution is -0.136. The van der Waals surface area contributed by atoms with Crippen molar-refractivity contribution in [1.82, 2.24) is 9.80 Å². The molecule has 0 radical (unpaired) electrons. The smallest absolute Gasteiger partial charge is 0.255 e. The van der Waals surface area contributed by atoms with Crippen LogP contribution in [0.1, 0.15) is 10.4 Å². The van der Waals surface area contributed by atoms with Crippen LogP contribution in [0.25, 0.3) is 0 Å². The lowest BCUT2D eigenvalue weighted by Crippen LogP contribution is -2.51. The van der Waals surface area contributed by atoms with Gasteiger partial charge in [-0.1, -0.05) is 15.9 Å². The molecular weight excluding hydrogens is 404 g/mol. The zero-order valence-electron chi connectivity index (χ0n) is 11.6. The summed E-state index contributed by atoms with van der Waals surface area (Å²) >= 11 is 6.78. The van der Waals surface area contributed by atoms with Crippen molar-refractivity contribution < 1.29 is 14.3 Å². The number of carbonyl (C=O) groups is 2. The van der Waals surface area contributed by atoms with E-state index in [1.807, 2.05) is 12.1 Å². The van der Waals surface area contributed by atoms with Crippen molar-refractivity contribution in [2.24, 2.45) is 0 Å². The number of carbonyl (C=O) groups excluding carboxylic acids is 2. The Labute approximate surface area is 140 Å². The van der Waals surface area contributed by atoms with E-state index in [4.69, 9.17) is 4.74 Å². The second kappa shape index (κ2) is 7.38. The molecule has 0 spiro atoms. The lowest BCUT2D eigenvalue weighted by atomic mass is 10.2. The number of rotatable bonds is 3. The minimum absolute atomic E-state index is 0.0202. The SMILES string of the molecule is COCC(=O)N1CCN(C(=O)c2ccc(Br)cc2Br)CC1. The summed E-state index contributed by atoms with van der Waals surface area (Å²) in [5.74, 6) is -0.0531. The molecule has 1 aliphatic rings. The number of ether oxygens (including phenoxy) is 1. The highest BCUT2D eigenvalue weighted by atomic mass is 79.9. The first kappa shape index (κ1) is 16.5. The van der Waals surface area contributed by atoms with Gasteiger partial charge in [0.15, 0.2) is 0 Å². The Morgan fingerprint density at radius 3 is 2.33 bits per heavy atom. The van der Waals surface area contributed by atoms with Gasteiger partial charge in [0, 0.05) is 42.2 Å². The predicted octanol–water partition coefficient (Wildman–Crippen LogP) is 2.14. The molecule has 7 heteroatoms. The van der Waals surface area contributed by atoms with Crippen LogP contribution in [0.5, 0.6) is 0 Å². The summed E-state index contributed by atoms with van der Waals surface area (Å²) in [5.41, 5.74) is 0.634. The van der Waals surface area contributed by atoms with Crippen molar-refractivity contribution in [2.45, 2.75) is 0 Å². The monoisotopic (exact) mass is 418 g/mol. The van der Waals surface area contributed by atoms with Crippen molar-refractivity contribution >= 4 is 43.7 Å². The van der Waals surface area contributed by atoms with Gasteiger partial charge in [-0.3, -0.25) is 9.59 Å². The molecule has 1 aromatic carbocycles. The van der Waals surface area contributed by atoms with Gasteiger partial charge in [0.1, 0.15) is 6.61 Å². The molecular formula is C14H16Br2N2O3. The highest BCUT2D eigenvalue weighted by Gasteiger charge is 2.25. The minimum atomic E-state index is -0.0329. The minimum Gasteiger partial charge on any atom is -0.375 e. The van der Waals surface area contributed by atoms with Crippen LogP contribution in [0, 0.1) is 0 Å². The summed E-state index contributed by atoms with van der Waals surface area (Å²) in [6, 6.07) is 5.49. The van der Waals surface area contributed by atoms with Crippen LogP contribution in [0.3, 0.4) is 0 Å². The number of nitrogens with zero attached hydrogens (tertiary/aromatic N) is 2. The van der Waals surface area contributed by atoms with Gasteiger partial charge in [-0.05, 0) is 34.1 Å². The fourth-order valence-corrected chi connectivity index (χ4v) is 3.42. The van der Waals surface area contributed by atoms with E-state index >= 15 is 0 Å². The van der Waals surface area contributed by atoms with Gasteiger partial charge in [0.25, 0.3) is 5.91 Å². The average Bonchev–Trinajstić information content (AvgIpc) is 2.47. The Balaban J connectivity index is 1.98. The molecule has 0 atom stereocenters. The first-order chi connectivity index (χ1) is 10.0. The topological polar surface area (TPSA) is 49.9 Å². The van der Waals surface area contributed by atoms with E-state index < -0.39 is 0 Å². The number of amides is 2. The average molecular weight is 420 g/mol. The summed E-state index contributed by atoms with van der Waals surface area (Å²) in [7, 11) is 1.50. The molecule has 2 amide bonds. The number of halogens is 2. The van der Waals surface area contributed by atoms with E-state index in [9.17, 15) is 9.59 Å². The third kappa shape index (κ3) is 4.05. The molecule has 0 N–H and O–H groups in total. The quantitative estimate of drug-likeness (QED) is 0.754. The Kier molecular flexibility index (Phi) is 5.78. The van der Waals surface area contributed by atoms with Crippen LogP contribution in [-0.2, 0) is 9.53 Å². The van der Waals surface area contributed by atoms with Crippen molar-refractivity contribution in [3.05, 3.63) is 32.7 Å². The Morgan fingerprint density at radius 2 is 1.76 bits per heavy atom. The second-order valence-electron chi connectivity index (χ2n) is 4.73. The fraction of sp³-hybridized carbons (Fsp3) is 0.429. The lowest BCUT2D eigenvalue weighted by Gasteiger charge is -2.34. The molecule has 1 saturated heterocycles. The van der Waals surface area contributed by atoms with E-state index in [1.54, 1.807) is 15.9 Å². The third-order valence-electron chi connectivity index (χ3n) is 3.35. The van der Waals surface area contributed by atoms with Crippen LogP contribution >= 0.6 is 31.9 Å². The maximum absolute atomic E-state index is 12.5. The maximum Gasteiger partial charge on any atom is 0.255 e. The number of hydrogen-bond donors (Lipinski definition) is 0. The van der Waals surface area contributed by atoms with Gasteiger partial charge in [0.2, 0.25) is 5.91 Å². The summed E-state index contributed by atoms with van der Waals surface area (Å²) in [4.78, 5) is 27.7. The second-order valence-corrected chi connectivity index (χ2v) is 6.50. The van der Waals surface area contributed by atoms with Crippen molar-refractivity contribution in [3.63, 3.8) is 0 Å². The number of piperazine rings is 1. The fourth-order valence-electron chi connectivity index (χ4n) is 2.21. The van der Waals surface area contributed by atoms with E-state index in [0.29, 0.717) is 31.7 Å². The van der Waals surface area contributed by atoms with E-state index in [2.05, 4.69) is 31.9 Å². The van der Waals surface area contributed by atoms with Gasteiger partial charge in [-0.2, -0.15) is 0 Å². The first-order valence-corrected chi connectivity index (χ1v) is 8.12. The molecule has 1 fully saturated rings. The van der Waals surface area contributed by atoms with Crippen LogP contribution in [0.4, 0.5) is 0 Å². The Bertz CT molecular complexity index is 543. The standard InChI is InChI=1S/C14H16Br2N2O3/c1-21-9-13(19)17-4-6-18(7-5-17)14(20)11-3-2-10(15)8-12(11)16/h2-3,8H,4-7,9H2,1H3. The van der Waals surface area contributed by atoms with E-state index in [0.717, 1.165) is 8.95 Å². The van der Waals surface area contributed by atoms with Crippen molar-refractivity contribution in [3.8, 4) is 0 Å². The molecule has 0 saturated carbocycles. The molecule has 1 heterocycles. The predicted molar refractivity (Wildman–Crippen MR) is 86.2 cm³/mol. The Morgan fingerprint density at radius 1 is 1.14 bits per heavy atom. The van der Waals surface area contributed by atoms with E-state index in [-0.39, 0.29) is 18.4 Å². The normalized spacial score (nSPS) is 15.2. The number of methoxy groups -OCH3 is 1. The molecule has 0 unspecified atom stereocenters. The molecule has 21 heavy (non-hydrogen) atoms. The molecule has 1 aliphatic heterocycles. The van der Waals surface area contributed by atoms with Gasteiger partial charge in [0.05, 0.1) is 5.56 Å². The summed E-state index contributed by atoms with van der Waals surface area (Å²) in [6.45, 7) is 2.25. The van der Waals surface area contributed by atoms with Crippen LogP contribution in [0.2, 0.25) is 0 Å². The largest absolute Gasteiger partial charge is 0.375 e. The zero-order valence-corrected chi connectivity index (χ0v) is 14.8. The summed E-state index contributed by atoms with van der Waals surface area (Å²) < 4.78 is 6.53. The number of benzene rings is 1. The Hall–Kier alpha value is -0.920. The van der Waals surface area contributed by atoms with Gasteiger partial charge >= 0.3 is 0 Å². The van der Waals surface area contributed by atoms with Gasteiger partial charge in [-0.15, -0.1) is 0 Å². The summed E-state index contributed by atoms with van der Waals surface area (Å²) in [6.07, 6.45) is 0. The molecule has 2 rings (SSSR count). The zero-order chi connectivity index (χ0) is 15.4. The molecule has 114 valence electrons. The molecule has 1 aromatic rings. The maximum atomic E-state index is 12.5. The molecule has 0 aromatic heterocycles.